The SMILES string of the molecule is CC[C@H]1OC(C(C)[C@H]2[C@@H](C)[C@@H]2/C=C/[C@@H]2O[C@H](CC(=O)OC)C[C@H](NC(=O)OC(C)(C)C)[C@H]2O)CC=C1C. The van der Waals surface area contributed by atoms with Crippen molar-refractivity contribution >= 4 is 12.1 Å². The van der Waals surface area contributed by atoms with Crippen LogP contribution in [0.5, 0.6) is 0 Å². The van der Waals surface area contributed by atoms with Gasteiger partial charge in [0.1, 0.15) is 17.8 Å². The highest BCUT2D eigenvalue weighted by Gasteiger charge is 2.50. The first-order valence-electron chi connectivity index (χ1n) is 13.7. The maximum atomic E-state index is 12.4. The lowest BCUT2D eigenvalue weighted by Gasteiger charge is -2.38. The minimum absolute atomic E-state index is 0.0457. The van der Waals surface area contributed by atoms with Crippen molar-refractivity contribution in [2.45, 2.75) is 116 Å². The van der Waals surface area contributed by atoms with Crippen molar-refractivity contribution in [3.8, 4) is 0 Å². The first-order valence-corrected chi connectivity index (χ1v) is 13.7. The number of hydrogen-bond donors (Lipinski definition) is 2. The molecule has 2 N–H and O–H groups in total. The Morgan fingerprint density at radius 2 is 1.97 bits per heavy atom. The molecule has 2 unspecified atom stereocenters. The number of esters is 1. The second-order valence-corrected chi connectivity index (χ2v) is 12.0. The van der Waals surface area contributed by atoms with Crippen LogP contribution in [0.3, 0.4) is 0 Å². The number of carbonyl (C=O) groups excluding carboxylic acids is 2. The van der Waals surface area contributed by atoms with E-state index in [4.69, 9.17) is 18.9 Å². The summed E-state index contributed by atoms with van der Waals surface area (Å²) in [5, 5.41) is 13.8. The molecule has 2 heterocycles. The Kier molecular flexibility index (Phi) is 9.86. The number of carbonyl (C=O) groups is 2. The van der Waals surface area contributed by atoms with Crippen molar-refractivity contribution in [1.82, 2.24) is 5.32 Å². The molecule has 0 aromatic carbocycles. The average molecular weight is 522 g/mol. The van der Waals surface area contributed by atoms with E-state index in [9.17, 15) is 14.7 Å². The van der Waals surface area contributed by atoms with E-state index >= 15 is 0 Å². The van der Waals surface area contributed by atoms with E-state index in [0.29, 0.717) is 23.7 Å². The Balaban J connectivity index is 1.66. The third-order valence-electron chi connectivity index (χ3n) is 8.06. The molecule has 3 rings (SSSR count). The lowest BCUT2D eigenvalue weighted by Crippen LogP contribution is -2.56. The number of alkyl carbamates (subject to hydrolysis) is 1. The summed E-state index contributed by atoms with van der Waals surface area (Å²) in [4.78, 5) is 24.3. The minimum Gasteiger partial charge on any atom is -0.469 e. The van der Waals surface area contributed by atoms with Crippen molar-refractivity contribution in [3.63, 3.8) is 0 Å². The largest absolute Gasteiger partial charge is 0.469 e. The van der Waals surface area contributed by atoms with Crippen LogP contribution >= 0.6 is 0 Å². The third-order valence-corrected chi connectivity index (χ3v) is 8.06. The Morgan fingerprint density at radius 1 is 1.27 bits per heavy atom. The molecular formula is C29H47NO7. The van der Waals surface area contributed by atoms with Crippen molar-refractivity contribution in [2.24, 2.45) is 23.7 Å². The van der Waals surface area contributed by atoms with E-state index < -0.39 is 42.0 Å². The van der Waals surface area contributed by atoms with Crippen molar-refractivity contribution in [2.75, 3.05) is 7.11 Å². The average Bonchev–Trinajstić information content (AvgIpc) is 3.47. The number of hydrogen-bond acceptors (Lipinski definition) is 7. The first-order chi connectivity index (χ1) is 17.3. The zero-order valence-corrected chi connectivity index (χ0v) is 23.7. The van der Waals surface area contributed by atoms with E-state index in [-0.39, 0.29) is 25.0 Å². The molecule has 2 fully saturated rings. The van der Waals surface area contributed by atoms with Crippen LogP contribution in [0.2, 0.25) is 0 Å². The molecule has 210 valence electrons. The highest BCUT2D eigenvalue weighted by atomic mass is 16.6. The number of allylic oxidation sites excluding steroid dienone is 1. The second-order valence-electron chi connectivity index (χ2n) is 12.0. The van der Waals surface area contributed by atoms with E-state index in [0.717, 1.165) is 12.8 Å². The van der Waals surface area contributed by atoms with Gasteiger partial charge in [-0.2, -0.15) is 0 Å². The van der Waals surface area contributed by atoms with Gasteiger partial charge >= 0.3 is 12.1 Å². The predicted molar refractivity (Wildman–Crippen MR) is 141 cm³/mol. The molecule has 3 aliphatic rings. The highest BCUT2D eigenvalue weighted by Crippen LogP contribution is 2.53. The summed E-state index contributed by atoms with van der Waals surface area (Å²) in [5.74, 6) is 1.37. The van der Waals surface area contributed by atoms with Crippen LogP contribution in [0.15, 0.2) is 23.8 Å². The molecule has 0 radical (unpaired) electrons. The molecule has 0 aromatic rings. The highest BCUT2D eigenvalue weighted by molar-refractivity contribution is 5.70. The molecule has 1 saturated heterocycles. The normalized spacial score (nSPS) is 37.0. The van der Waals surface area contributed by atoms with Crippen LogP contribution in [-0.2, 0) is 23.7 Å². The molecule has 1 aliphatic carbocycles. The molecule has 10 atom stereocenters. The van der Waals surface area contributed by atoms with Gasteiger partial charge in [-0.3, -0.25) is 4.79 Å². The Hall–Kier alpha value is -1.90. The minimum atomic E-state index is -0.970. The van der Waals surface area contributed by atoms with Gasteiger partial charge in [0.15, 0.2) is 0 Å². The zero-order valence-electron chi connectivity index (χ0n) is 23.7. The molecule has 8 heteroatoms. The molecular weight excluding hydrogens is 474 g/mol. The molecule has 1 amide bonds. The van der Waals surface area contributed by atoms with Crippen molar-refractivity contribution in [3.05, 3.63) is 23.8 Å². The quantitative estimate of drug-likeness (QED) is 0.357. The van der Waals surface area contributed by atoms with Gasteiger partial charge in [-0.1, -0.05) is 39.0 Å². The summed E-state index contributed by atoms with van der Waals surface area (Å²) < 4.78 is 22.7. The number of nitrogens with one attached hydrogen (secondary N) is 1. The van der Waals surface area contributed by atoms with Gasteiger partial charge in [-0.15, -0.1) is 0 Å². The summed E-state index contributed by atoms with van der Waals surface area (Å²) in [6.07, 6.45) is 6.29. The molecule has 0 spiro atoms. The standard InChI is InChI=1S/C29H47NO7/c1-9-22-16(2)10-12-23(36-22)18(4)26-17(3)20(26)11-13-24-27(32)21(30-28(33)37-29(5,6)7)14-19(35-24)15-25(31)34-8/h10-11,13,17-24,26-27,32H,9,12,14-15H2,1-8H3,(H,30,33)/b13-11+/t17-,18?,19-,20-,21-,22+,23?,24-,26+,27+/m0/s1. The van der Waals surface area contributed by atoms with Gasteiger partial charge in [-0.05, 0) is 76.2 Å². The summed E-state index contributed by atoms with van der Waals surface area (Å²) in [5.41, 5.74) is 0.664. The topological polar surface area (TPSA) is 103 Å². The van der Waals surface area contributed by atoms with Crippen LogP contribution in [0.25, 0.3) is 0 Å². The van der Waals surface area contributed by atoms with Crippen LogP contribution in [0.4, 0.5) is 4.79 Å². The lowest BCUT2D eigenvalue weighted by molar-refractivity contribution is -0.151. The Labute approximate surface area is 222 Å². The Morgan fingerprint density at radius 3 is 2.59 bits per heavy atom. The van der Waals surface area contributed by atoms with E-state index in [2.05, 4.69) is 45.2 Å². The van der Waals surface area contributed by atoms with Crippen molar-refractivity contribution in [1.29, 1.82) is 0 Å². The monoisotopic (exact) mass is 521 g/mol. The number of methoxy groups -OCH3 is 1. The summed E-state index contributed by atoms with van der Waals surface area (Å²) in [6, 6.07) is -0.615. The number of aliphatic hydroxyl groups is 1. The zero-order chi connectivity index (χ0) is 27.5. The van der Waals surface area contributed by atoms with Gasteiger partial charge in [0.2, 0.25) is 0 Å². The maximum absolute atomic E-state index is 12.4. The van der Waals surface area contributed by atoms with Crippen LogP contribution < -0.4 is 5.32 Å². The molecule has 0 aromatic heterocycles. The van der Waals surface area contributed by atoms with Crippen LogP contribution in [-0.4, -0.2) is 66.4 Å². The molecule has 2 aliphatic heterocycles. The Bertz CT molecular complexity index is 863. The maximum Gasteiger partial charge on any atom is 0.407 e. The smallest absolute Gasteiger partial charge is 0.407 e. The van der Waals surface area contributed by atoms with Crippen LogP contribution in [0, 0.1) is 23.7 Å². The van der Waals surface area contributed by atoms with Gasteiger partial charge < -0.3 is 29.4 Å². The summed E-state index contributed by atoms with van der Waals surface area (Å²) >= 11 is 0. The fourth-order valence-electron chi connectivity index (χ4n) is 5.88. The van der Waals surface area contributed by atoms with Gasteiger partial charge in [0.25, 0.3) is 0 Å². The van der Waals surface area contributed by atoms with Gasteiger partial charge in [0, 0.05) is 0 Å². The van der Waals surface area contributed by atoms with E-state index in [1.54, 1.807) is 20.8 Å². The number of ether oxygens (including phenoxy) is 4. The second kappa shape index (κ2) is 12.3. The molecule has 0 bridgehead atoms. The van der Waals surface area contributed by atoms with Gasteiger partial charge in [-0.25, -0.2) is 4.79 Å². The van der Waals surface area contributed by atoms with Crippen molar-refractivity contribution < 1.29 is 33.6 Å². The fraction of sp³-hybridized carbons (Fsp3) is 0.793. The van der Waals surface area contributed by atoms with E-state index in [1.165, 1.54) is 12.7 Å². The fourth-order valence-corrected chi connectivity index (χ4v) is 5.88. The predicted octanol–water partition coefficient (Wildman–Crippen LogP) is 4.55. The molecule has 8 nitrogen and oxygen atoms in total. The summed E-state index contributed by atoms with van der Waals surface area (Å²) in [6.45, 7) is 14.2. The van der Waals surface area contributed by atoms with Crippen LogP contribution in [0.1, 0.15) is 74.1 Å². The summed E-state index contributed by atoms with van der Waals surface area (Å²) in [7, 11) is 1.33. The number of rotatable bonds is 8. The molecule has 1 saturated carbocycles. The first kappa shape index (κ1) is 29.7. The third kappa shape index (κ3) is 7.80. The number of aliphatic hydroxyl groups excluding tert-OH is 1. The molecule has 37 heavy (non-hydrogen) atoms. The number of amides is 1. The van der Waals surface area contributed by atoms with E-state index in [1.807, 2.05) is 6.08 Å². The lowest BCUT2D eigenvalue weighted by atomic mass is 9.90. The van der Waals surface area contributed by atoms with Gasteiger partial charge in [0.05, 0.1) is 37.9 Å².